The molecule has 100 valence electrons. The molecule has 1 N–H and O–H groups in total. The van der Waals surface area contributed by atoms with E-state index in [4.69, 9.17) is 0 Å². The molecule has 0 radical (unpaired) electrons. The molecular formula is C16H16N4. The molecule has 0 unspecified atom stereocenters. The molecule has 1 aliphatic carbocycles. The number of hydrogen-bond acceptors (Lipinski definition) is 4. The number of nitrogens with zero attached hydrogens (tertiary/aromatic N) is 3. The van der Waals surface area contributed by atoms with Crippen molar-refractivity contribution in [2.24, 2.45) is 4.99 Å². The van der Waals surface area contributed by atoms with Gasteiger partial charge >= 0.3 is 0 Å². The Balaban J connectivity index is 1.75. The van der Waals surface area contributed by atoms with Crippen molar-refractivity contribution in [3.8, 4) is 11.1 Å². The van der Waals surface area contributed by atoms with Gasteiger partial charge in [0.05, 0.1) is 18.4 Å². The van der Waals surface area contributed by atoms with Crippen LogP contribution in [0.4, 0.5) is 0 Å². The maximum absolute atomic E-state index is 4.36. The third-order valence-corrected chi connectivity index (χ3v) is 4.38. The van der Waals surface area contributed by atoms with Crippen LogP contribution >= 0.6 is 0 Å². The van der Waals surface area contributed by atoms with E-state index >= 15 is 0 Å². The Morgan fingerprint density at radius 2 is 2.05 bits per heavy atom. The summed E-state index contributed by atoms with van der Waals surface area (Å²) in [7, 11) is 0. The summed E-state index contributed by atoms with van der Waals surface area (Å²) >= 11 is 0. The van der Waals surface area contributed by atoms with Crippen molar-refractivity contribution in [3.63, 3.8) is 0 Å². The molecule has 1 atom stereocenters. The number of fused-ring (bicyclic) bond motifs is 1. The van der Waals surface area contributed by atoms with Gasteiger partial charge in [0.2, 0.25) is 0 Å². The number of hydrogen-bond donors (Lipinski definition) is 1. The van der Waals surface area contributed by atoms with Gasteiger partial charge < -0.3 is 5.32 Å². The summed E-state index contributed by atoms with van der Waals surface area (Å²) < 4.78 is 0. The zero-order chi connectivity index (χ0) is 13.4. The summed E-state index contributed by atoms with van der Waals surface area (Å²) in [6.07, 6.45) is 10.5. The van der Waals surface area contributed by atoms with E-state index in [0.717, 1.165) is 31.4 Å². The molecule has 4 rings (SSSR count). The molecule has 1 spiro atoms. The summed E-state index contributed by atoms with van der Waals surface area (Å²) in [5.74, 6) is 0. The molecule has 0 saturated heterocycles. The first kappa shape index (κ1) is 11.6. The highest BCUT2D eigenvalue weighted by atomic mass is 15.1. The third kappa shape index (κ3) is 1.80. The van der Waals surface area contributed by atoms with E-state index in [0.29, 0.717) is 0 Å². The summed E-state index contributed by atoms with van der Waals surface area (Å²) in [6, 6.07) is 6.55. The van der Waals surface area contributed by atoms with Crippen LogP contribution in [0.15, 0.2) is 41.9 Å². The first-order chi connectivity index (χ1) is 9.86. The fourth-order valence-corrected chi connectivity index (χ4v) is 3.33. The maximum atomic E-state index is 4.36. The van der Waals surface area contributed by atoms with Crippen LogP contribution in [0.5, 0.6) is 0 Å². The van der Waals surface area contributed by atoms with E-state index in [-0.39, 0.29) is 5.54 Å². The van der Waals surface area contributed by atoms with Crippen LogP contribution < -0.4 is 5.32 Å². The minimum absolute atomic E-state index is 0.152. The number of aromatic nitrogens is 2. The van der Waals surface area contributed by atoms with Gasteiger partial charge in [-0.3, -0.25) is 4.99 Å². The van der Waals surface area contributed by atoms with Gasteiger partial charge in [0, 0.05) is 18.0 Å². The first-order valence-corrected chi connectivity index (χ1v) is 6.99. The Morgan fingerprint density at radius 1 is 1.15 bits per heavy atom. The molecule has 4 heteroatoms. The van der Waals surface area contributed by atoms with E-state index in [2.05, 4.69) is 38.5 Å². The first-order valence-electron chi connectivity index (χ1n) is 6.99. The average molecular weight is 264 g/mol. The number of benzene rings is 1. The lowest BCUT2D eigenvalue weighted by Crippen LogP contribution is -2.47. The molecule has 20 heavy (non-hydrogen) atoms. The number of nitrogens with one attached hydrogen (secondary N) is 1. The lowest BCUT2D eigenvalue weighted by atomic mass is 9.76. The zero-order valence-corrected chi connectivity index (χ0v) is 11.2. The summed E-state index contributed by atoms with van der Waals surface area (Å²) in [6.45, 7) is 0.894. The van der Waals surface area contributed by atoms with Gasteiger partial charge in [-0.25, -0.2) is 9.97 Å². The Hall–Kier alpha value is -2.23. The molecule has 2 aromatic rings. The normalized spacial score (nSPS) is 23.6. The second-order valence-corrected chi connectivity index (χ2v) is 5.64. The van der Waals surface area contributed by atoms with Crippen molar-refractivity contribution < 1.29 is 0 Å². The predicted molar refractivity (Wildman–Crippen MR) is 78.7 cm³/mol. The van der Waals surface area contributed by atoms with E-state index in [1.807, 2.05) is 18.7 Å². The topological polar surface area (TPSA) is 50.2 Å². The molecule has 2 heterocycles. The molecule has 0 saturated carbocycles. The largest absolute Gasteiger partial charge is 0.369 e. The van der Waals surface area contributed by atoms with E-state index in [9.17, 15) is 0 Å². The molecule has 1 aliphatic heterocycles. The third-order valence-electron chi connectivity index (χ3n) is 4.38. The predicted octanol–water partition coefficient (Wildman–Crippen LogP) is 2.00. The SMILES string of the molecule is C1=NC[C@]2(CCc3c(cccc3-c3cncnc3)C2)N1. The van der Waals surface area contributed by atoms with Gasteiger partial charge in [-0.15, -0.1) is 0 Å². The summed E-state index contributed by atoms with van der Waals surface area (Å²) in [4.78, 5) is 12.6. The Bertz CT molecular complexity index is 655. The van der Waals surface area contributed by atoms with Gasteiger partial charge in [0.25, 0.3) is 0 Å². The highest BCUT2D eigenvalue weighted by molar-refractivity contribution is 5.68. The summed E-state index contributed by atoms with van der Waals surface area (Å²) in [5, 5.41) is 3.46. The average Bonchev–Trinajstić information content (AvgIpc) is 2.95. The Labute approximate surface area is 118 Å². The van der Waals surface area contributed by atoms with E-state index in [1.165, 1.54) is 16.7 Å². The Kier molecular flexibility index (Phi) is 2.55. The monoisotopic (exact) mass is 264 g/mol. The van der Waals surface area contributed by atoms with Gasteiger partial charge in [0.1, 0.15) is 6.33 Å². The van der Waals surface area contributed by atoms with Crippen molar-refractivity contribution in [2.45, 2.75) is 24.8 Å². The highest BCUT2D eigenvalue weighted by Crippen LogP contribution is 2.35. The van der Waals surface area contributed by atoms with Crippen LogP contribution in [0.1, 0.15) is 17.5 Å². The second-order valence-electron chi connectivity index (χ2n) is 5.64. The van der Waals surface area contributed by atoms with Crippen LogP contribution in [0, 0.1) is 0 Å². The highest BCUT2D eigenvalue weighted by Gasteiger charge is 2.36. The molecule has 0 fully saturated rings. The number of rotatable bonds is 1. The van der Waals surface area contributed by atoms with Crippen molar-refractivity contribution in [1.82, 2.24) is 15.3 Å². The van der Waals surface area contributed by atoms with Crippen LogP contribution in [0.25, 0.3) is 11.1 Å². The smallest absolute Gasteiger partial charge is 0.115 e. The van der Waals surface area contributed by atoms with Crippen molar-refractivity contribution >= 4 is 6.34 Å². The standard InChI is InChI=1S/C16H16N4/c1-2-12-6-16(9-19-11-20-16)5-4-15(12)14(3-1)13-7-17-10-18-8-13/h1-3,7-8,10-11H,4-6,9H2,(H,19,20)/t16-/m1/s1. The van der Waals surface area contributed by atoms with E-state index < -0.39 is 0 Å². The minimum atomic E-state index is 0.152. The lowest BCUT2D eigenvalue weighted by Gasteiger charge is -2.35. The van der Waals surface area contributed by atoms with Crippen LogP contribution in [-0.2, 0) is 12.8 Å². The van der Waals surface area contributed by atoms with Crippen LogP contribution in [-0.4, -0.2) is 28.4 Å². The minimum Gasteiger partial charge on any atom is -0.369 e. The molecule has 2 aliphatic rings. The molecular weight excluding hydrogens is 248 g/mol. The maximum Gasteiger partial charge on any atom is 0.115 e. The van der Waals surface area contributed by atoms with Gasteiger partial charge in [0.15, 0.2) is 0 Å². The van der Waals surface area contributed by atoms with E-state index in [1.54, 1.807) is 6.33 Å². The quantitative estimate of drug-likeness (QED) is 0.857. The molecule has 0 amide bonds. The fourth-order valence-electron chi connectivity index (χ4n) is 3.33. The molecule has 0 bridgehead atoms. The van der Waals surface area contributed by atoms with Crippen molar-refractivity contribution in [2.75, 3.05) is 6.54 Å². The molecule has 4 nitrogen and oxygen atoms in total. The fraction of sp³-hybridized carbons (Fsp3) is 0.312. The molecule has 1 aromatic carbocycles. The number of aliphatic imine (C=N–C) groups is 1. The van der Waals surface area contributed by atoms with Crippen molar-refractivity contribution in [3.05, 3.63) is 48.0 Å². The van der Waals surface area contributed by atoms with Gasteiger partial charge in [-0.2, -0.15) is 0 Å². The van der Waals surface area contributed by atoms with Crippen LogP contribution in [0.2, 0.25) is 0 Å². The van der Waals surface area contributed by atoms with Gasteiger partial charge in [-0.1, -0.05) is 18.2 Å². The Morgan fingerprint density at radius 3 is 2.85 bits per heavy atom. The van der Waals surface area contributed by atoms with Crippen LogP contribution in [0.3, 0.4) is 0 Å². The summed E-state index contributed by atoms with van der Waals surface area (Å²) in [5.41, 5.74) is 5.41. The molecule has 1 aromatic heterocycles. The zero-order valence-electron chi connectivity index (χ0n) is 11.2. The second kappa shape index (κ2) is 4.40. The van der Waals surface area contributed by atoms with Crippen molar-refractivity contribution in [1.29, 1.82) is 0 Å². The lowest BCUT2D eigenvalue weighted by molar-refractivity contribution is 0.364. The van der Waals surface area contributed by atoms with Gasteiger partial charge in [-0.05, 0) is 36.0 Å².